The van der Waals surface area contributed by atoms with Crippen LogP contribution in [0.4, 0.5) is 0 Å². The average molecular weight is 527 g/mol. The van der Waals surface area contributed by atoms with Gasteiger partial charge in [-0.3, -0.25) is 10.1 Å². The summed E-state index contributed by atoms with van der Waals surface area (Å²) in [4.78, 5) is 12.9. The SMILES string of the molecule is CC(C)Oc1ccc(CNC(=S)NC(=O)c2cc(Br)ccc2OCCc2ccccc2)cc1. The topological polar surface area (TPSA) is 59.6 Å². The van der Waals surface area contributed by atoms with E-state index in [9.17, 15) is 4.79 Å². The van der Waals surface area contributed by atoms with E-state index < -0.39 is 0 Å². The Balaban J connectivity index is 1.54. The minimum atomic E-state index is -0.329. The smallest absolute Gasteiger partial charge is 0.261 e. The number of carbonyl (C=O) groups excluding carboxylic acids is 1. The van der Waals surface area contributed by atoms with Crippen molar-refractivity contribution in [2.75, 3.05) is 6.61 Å². The van der Waals surface area contributed by atoms with Gasteiger partial charge in [-0.25, -0.2) is 0 Å². The van der Waals surface area contributed by atoms with Crippen LogP contribution in [0.5, 0.6) is 11.5 Å². The third-order valence-corrected chi connectivity index (χ3v) is 5.39. The Morgan fingerprint density at radius 2 is 1.73 bits per heavy atom. The van der Waals surface area contributed by atoms with Gasteiger partial charge in [0.2, 0.25) is 0 Å². The first-order chi connectivity index (χ1) is 15.9. The Kier molecular flexibility index (Phi) is 9.27. The molecule has 0 radical (unpaired) electrons. The molecule has 0 saturated carbocycles. The molecule has 3 aromatic rings. The predicted octanol–water partition coefficient (Wildman–Crippen LogP) is 5.66. The Hall–Kier alpha value is -2.90. The maximum Gasteiger partial charge on any atom is 0.261 e. The highest BCUT2D eigenvalue weighted by Gasteiger charge is 2.15. The molecule has 0 bridgehead atoms. The van der Waals surface area contributed by atoms with Crippen molar-refractivity contribution in [1.29, 1.82) is 0 Å². The normalized spacial score (nSPS) is 10.5. The van der Waals surface area contributed by atoms with Crippen LogP contribution in [0.1, 0.15) is 35.3 Å². The lowest BCUT2D eigenvalue weighted by molar-refractivity contribution is 0.0972. The molecule has 0 atom stereocenters. The Labute approximate surface area is 208 Å². The lowest BCUT2D eigenvalue weighted by Crippen LogP contribution is -2.39. The van der Waals surface area contributed by atoms with Crippen molar-refractivity contribution in [3.8, 4) is 11.5 Å². The fraction of sp³-hybridized carbons (Fsp3) is 0.231. The van der Waals surface area contributed by atoms with E-state index in [1.807, 2.05) is 74.5 Å². The number of halogens is 1. The first kappa shape index (κ1) is 24.7. The number of nitrogens with one attached hydrogen (secondary N) is 2. The van der Waals surface area contributed by atoms with E-state index >= 15 is 0 Å². The van der Waals surface area contributed by atoms with Gasteiger partial charge in [0.05, 0.1) is 18.3 Å². The summed E-state index contributed by atoms with van der Waals surface area (Å²) in [5, 5.41) is 6.05. The van der Waals surface area contributed by atoms with Crippen molar-refractivity contribution in [3.05, 3.63) is 94.0 Å². The van der Waals surface area contributed by atoms with E-state index in [2.05, 4.69) is 26.6 Å². The summed E-state index contributed by atoms with van der Waals surface area (Å²) in [5.41, 5.74) is 2.61. The molecule has 1 amide bonds. The number of rotatable bonds is 9. The molecule has 0 aliphatic carbocycles. The molecule has 5 nitrogen and oxygen atoms in total. The van der Waals surface area contributed by atoms with Crippen molar-refractivity contribution < 1.29 is 14.3 Å². The zero-order valence-electron chi connectivity index (χ0n) is 18.6. The average Bonchev–Trinajstić information content (AvgIpc) is 2.80. The van der Waals surface area contributed by atoms with Gasteiger partial charge in [0, 0.05) is 17.4 Å². The predicted molar refractivity (Wildman–Crippen MR) is 139 cm³/mol. The molecule has 0 heterocycles. The second kappa shape index (κ2) is 12.4. The second-order valence-corrected chi connectivity index (χ2v) is 9.00. The molecule has 0 aliphatic rings. The molecule has 0 spiro atoms. The Bertz CT molecular complexity index is 1070. The van der Waals surface area contributed by atoms with Crippen LogP contribution in [0.2, 0.25) is 0 Å². The molecule has 0 fully saturated rings. The summed E-state index contributed by atoms with van der Waals surface area (Å²) < 4.78 is 12.3. The van der Waals surface area contributed by atoms with E-state index in [0.29, 0.717) is 24.5 Å². The monoisotopic (exact) mass is 526 g/mol. The molecular formula is C26H27BrN2O3S. The summed E-state index contributed by atoms with van der Waals surface area (Å²) in [6, 6.07) is 23.2. The summed E-state index contributed by atoms with van der Waals surface area (Å²) in [6.07, 6.45) is 0.876. The standard InChI is InChI=1S/C26H27BrN2O3S/c1-18(2)32-22-11-8-20(9-12-22)17-28-26(33)29-25(30)23-16-21(27)10-13-24(23)31-15-14-19-6-4-3-5-7-19/h3-13,16,18H,14-15,17H2,1-2H3,(H2,28,29,30,33). The molecule has 172 valence electrons. The quantitative estimate of drug-likeness (QED) is 0.352. The molecule has 2 N–H and O–H groups in total. The van der Waals surface area contributed by atoms with Crippen LogP contribution >= 0.6 is 28.1 Å². The third kappa shape index (κ3) is 8.18. The number of amides is 1. The van der Waals surface area contributed by atoms with Crippen molar-refractivity contribution in [2.45, 2.75) is 32.9 Å². The van der Waals surface area contributed by atoms with Crippen LogP contribution in [0.3, 0.4) is 0 Å². The number of benzene rings is 3. The van der Waals surface area contributed by atoms with Gasteiger partial charge in [0.1, 0.15) is 11.5 Å². The number of thiocarbonyl (C=S) groups is 1. The van der Waals surface area contributed by atoms with Gasteiger partial charge in [-0.2, -0.15) is 0 Å². The fourth-order valence-electron chi connectivity index (χ4n) is 3.08. The lowest BCUT2D eigenvalue weighted by atomic mass is 10.1. The van der Waals surface area contributed by atoms with E-state index in [-0.39, 0.29) is 17.1 Å². The second-order valence-electron chi connectivity index (χ2n) is 7.67. The van der Waals surface area contributed by atoms with E-state index in [0.717, 1.165) is 22.2 Å². The molecule has 3 rings (SSSR count). The van der Waals surface area contributed by atoms with Crippen molar-refractivity contribution in [2.24, 2.45) is 0 Å². The molecule has 33 heavy (non-hydrogen) atoms. The van der Waals surface area contributed by atoms with Crippen LogP contribution in [0, 0.1) is 0 Å². The van der Waals surface area contributed by atoms with Gasteiger partial charge in [-0.15, -0.1) is 0 Å². The number of carbonyl (C=O) groups is 1. The molecule has 0 aliphatic heterocycles. The van der Waals surface area contributed by atoms with Crippen LogP contribution in [-0.2, 0) is 13.0 Å². The number of hydrogen-bond donors (Lipinski definition) is 2. The van der Waals surface area contributed by atoms with Gasteiger partial charge >= 0.3 is 0 Å². The third-order valence-electron chi connectivity index (χ3n) is 4.65. The van der Waals surface area contributed by atoms with Crippen molar-refractivity contribution in [3.63, 3.8) is 0 Å². The molecular weight excluding hydrogens is 500 g/mol. The van der Waals surface area contributed by atoms with E-state index in [1.165, 1.54) is 5.56 Å². The summed E-state index contributed by atoms with van der Waals surface area (Å²) in [7, 11) is 0. The summed E-state index contributed by atoms with van der Waals surface area (Å²) >= 11 is 8.74. The number of ether oxygens (including phenoxy) is 2. The molecule has 7 heteroatoms. The zero-order valence-corrected chi connectivity index (χ0v) is 21.0. The van der Waals surface area contributed by atoms with Crippen LogP contribution in [-0.4, -0.2) is 23.7 Å². The molecule has 0 aromatic heterocycles. The van der Waals surface area contributed by atoms with Gasteiger partial charge in [-0.05, 0) is 67.5 Å². The first-order valence-electron chi connectivity index (χ1n) is 10.7. The fourth-order valence-corrected chi connectivity index (χ4v) is 3.61. The molecule has 3 aromatic carbocycles. The minimum Gasteiger partial charge on any atom is -0.492 e. The zero-order chi connectivity index (χ0) is 23.6. The van der Waals surface area contributed by atoms with Crippen LogP contribution in [0.15, 0.2) is 77.3 Å². The van der Waals surface area contributed by atoms with Crippen LogP contribution in [0.25, 0.3) is 0 Å². The Morgan fingerprint density at radius 1 is 1.00 bits per heavy atom. The van der Waals surface area contributed by atoms with Gasteiger partial charge < -0.3 is 14.8 Å². The van der Waals surface area contributed by atoms with Crippen molar-refractivity contribution in [1.82, 2.24) is 10.6 Å². The summed E-state index contributed by atoms with van der Waals surface area (Å²) in [6.45, 7) is 4.92. The minimum absolute atomic E-state index is 0.127. The first-order valence-corrected chi connectivity index (χ1v) is 11.9. The van der Waals surface area contributed by atoms with Gasteiger partial charge in [0.25, 0.3) is 5.91 Å². The van der Waals surface area contributed by atoms with E-state index in [4.69, 9.17) is 21.7 Å². The number of hydrogen-bond acceptors (Lipinski definition) is 4. The lowest BCUT2D eigenvalue weighted by Gasteiger charge is -2.14. The highest BCUT2D eigenvalue weighted by atomic mass is 79.9. The van der Waals surface area contributed by atoms with Crippen molar-refractivity contribution >= 4 is 39.2 Å². The highest BCUT2D eigenvalue weighted by Crippen LogP contribution is 2.23. The Morgan fingerprint density at radius 3 is 2.42 bits per heavy atom. The summed E-state index contributed by atoms with van der Waals surface area (Å²) in [5.74, 6) is 0.999. The largest absolute Gasteiger partial charge is 0.492 e. The maximum atomic E-state index is 12.9. The van der Waals surface area contributed by atoms with Gasteiger partial charge in [0.15, 0.2) is 5.11 Å². The van der Waals surface area contributed by atoms with E-state index in [1.54, 1.807) is 12.1 Å². The maximum absolute atomic E-state index is 12.9. The van der Waals surface area contributed by atoms with Gasteiger partial charge in [-0.1, -0.05) is 58.4 Å². The highest BCUT2D eigenvalue weighted by molar-refractivity contribution is 9.10. The molecule has 0 unspecified atom stereocenters. The molecule has 0 saturated heterocycles. The van der Waals surface area contributed by atoms with Crippen LogP contribution < -0.4 is 20.1 Å².